The predicted molar refractivity (Wildman–Crippen MR) is 75.5 cm³/mol. The van der Waals surface area contributed by atoms with E-state index in [1.165, 1.54) is 0 Å². The highest BCUT2D eigenvalue weighted by Crippen LogP contribution is 2.21. The van der Waals surface area contributed by atoms with Gasteiger partial charge in [0.05, 0.1) is 12.3 Å². The Hall–Kier alpha value is -1.31. The smallest absolute Gasteiger partial charge is 0.170 e. The molecule has 1 aromatic rings. The molecule has 2 rings (SSSR count). The lowest BCUT2D eigenvalue weighted by molar-refractivity contribution is -0.137. The van der Waals surface area contributed by atoms with E-state index < -0.39 is 17.4 Å². The van der Waals surface area contributed by atoms with E-state index in [1.807, 2.05) is 13.8 Å². The number of rotatable bonds is 3. The average Bonchev–Trinajstić information content (AvgIpc) is 2.71. The van der Waals surface area contributed by atoms with E-state index in [2.05, 4.69) is 10.6 Å². The van der Waals surface area contributed by atoms with Crippen LogP contribution in [0.25, 0.3) is 0 Å². The Morgan fingerprint density at radius 2 is 2.20 bits per heavy atom. The van der Waals surface area contributed by atoms with Crippen LogP contribution >= 0.6 is 12.2 Å². The SMILES string of the molecule is CC1(C)OCC(CNC(=S)Nc2cc(F)ccc2F)O1. The fourth-order valence-corrected chi connectivity index (χ4v) is 2.02. The van der Waals surface area contributed by atoms with Gasteiger partial charge in [0.15, 0.2) is 10.9 Å². The molecular formula is C13H16F2N2O2S. The number of hydrogen-bond donors (Lipinski definition) is 2. The summed E-state index contributed by atoms with van der Waals surface area (Å²) in [7, 11) is 0. The van der Waals surface area contributed by atoms with Crippen molar-refractivity contribution in [2.75, 3.05) is 18.5 Å². The molecule has 0 amide bonds. The molecule has 0 radical (unpaired) electrons. The minimum atomic E-state index is -0.601. The molecule has 20 heavy (non-hydrogen) atoms. The summed E-state index contributed by atoms with van der Waals surface area (Å²) in [5.41, 5.74) is -0.00794. The van der Waals surface area contributed by atoms with Crippen molar-refractivity contribution in [1.29, 1.82) is 0 Å². The van der Waals surface area contributed by atoms with E-state index in [0.29, 0.717) is 13.2 Å². The number of ether oxygens (including phenoxy) is 2. The highest BCUT2D eigenvalue weighted by atomic mass is 32.1. The van der Waals surface area contributed by atoms with Gasteiger partial charge in [-0.2, -0.15) is 0 Å². The second-order valence-electron chi connectivity index (χ2n) is 4.91. The molecule has 7 heteroatoms. The summed E-state index contributed by atoms with van der Waals surface area (Å²) in [5, 5.41) is 5.69. The van der Waals surface area contributed by atoms with E-state index in [9.17, 15) is 8.78 Å². The first kappa shape index (κ1) is 15.1. The number of hydrogen-bond acceptors (Lipinski definition) is 3. The fraction of sp³-hybridized carbons (Fsp3) is 0.462. The van der Waals surface area contributed by atoms with Gasteiger partial charge in [0.2, 0.25) is 0 Å². The zero-order valence-corrected chi connectivity index (χ0v) is 12.0. The molecule has 1 unspecified atom stereocenters. The Morgan fingerprint density at radius 1 is 1.45 bits per heavy atom. The molecule has 0 bridgehead atoms. The van der Waals surface area contributed by atoms with E-state index in [1.54, 1.807) is 0 Å². The van der Waals surface area contributed by atoms with Crippen LogP contribution in [0.5, 0.6) is 0 Å². The zero-order valence-electron chi connectivity index (χ0n) is 11.2. The minimum absolute atomic E-state index is 0.00794. The highest BCUT2D eigenvalue weighted by molar-refractivity contribution is 7.80. The molecule has 1 saturated heterocycles. The number of anilines is 1. The van der Waals surface area contributed by atoms with Gasteiger partial charge in [0.1, 0.15) is 17.7 Å². The molecule has 1 aromatic carbocycles. The Morgan fingerprint density at radius 3 is 2.85 bits per heavy atom. The van der Waals surface area contributed by atoms with Crippen LogP contribution in [0, 0.1) is 11.6 Å². The van der Waals surface area contributed by atoms with Crippen molar-refractivity contribution in [2.24, 2.45) is 0 Å². The molecule has 1 atom stereocenters. The third-order valence-electron chi connectivity index (χ3n) is 2.73. The monoisotopic (exact) mass is 302 g/mol. The fourth-order valence-electron chi connectivity index (χ4n) is 1.83. The van der Waals surface area contributed by atoms with E-state index in [4.69, 9.17) is 21.7 Å². The number of benzene rings is 1. The van der Waals surface area contributed by atoms with Crippen LogP contribution in [0.2, 0.25) is 0 Å². The van der Waals surface area contributed by atoms with Crippen molar-refractivity contribution in [3.63, 3.8) is 0 Å². The molecule has 0 spiro atoms. The van der Waals surface area contributed by atoms with Crippen LogP contribution in [-0.2, 0) is 9.47 Å². The summed E-state index contributed by atoms with van der Waals surface area (Å²) >= 11 is 5.02. The molecule has 1 fully saturated rings. The van der Waals surface area contributed by atoms with Gasteiger partial charge in [0, 0.05) is 12.6 Å². The first-order valence-corrected chi connectivity index (χ1v) is 6.58. The standard InChI is InChI=1S/C13H16F2N2O2S/c1-13(2)18-7-9(19-13)6-16-12(20)17-11-5-8(14)3-4-10(11)15/h3-5,9H,6-7H2,1-2H3,(H2,16,17,20). The largest absolute Gasteiger partial charge is 0.360 e. The molecule has 2 N–H and O–H groups in total. The van der Waals surface area contributed by atoms with Crippen molar-refractivity contribution in [3.8, 4) is 0 Å². The van der Waals surface area contributed by atoms with E-state index in [0.717, 1.165) is 18.2 Å². The summed E-state index contributed by atoms with van der Waals surface area (Å²) in [6, 6.07) is 3.13. The number of halogens is 2. The van der Waals surface area contributed by atoms with E-state index >= 15 is 0 Å². The molecule has 1 aliphatic rings. The van der Waals surface area contributed by atoms with Crippen molar-refractivity contribution < 1.29 is 18.3 Å². The molecule has 0 aliphatic carbocycles. The van der Waals surface area contributed by atoms with Crippen molar-refractivity contribution in [1.82, 2.24) is 5.32 Å². The zero-order chi connectivity index (χ0) is 14.8. The Kier molecular flexibility index (Phi) is 4.52. The van der Waals surface area contributed by atoms with E-state index in [-0.39, 0.29) is 16.9 Å². The second kappa shape index (κ2) is 5.99. The minimum Gasteiger partial charge on any atom is -0.360 e. The van der Waals surface area contributed by atoms with Crippen molar-refractivity contribution >= 4 is 23.0 Å². The van der Waals surface area contributed by atoms with Crippen molar-refractivity contribution in [3.05, 3.63) is 29.8 Å². The Balaban J connectivity index is 1.83. The molecular weight excluding hydrogens is 286 g/mol. The summed E-state index contributed by atoms with van der Waals surface area (Å²) in [4.78, 5) is 0. The van der Waals surface area contributed by atoms with Crippen LogP contribution < -0.4 is 10.6 Å². The highest BCUT2D eigenvalue weighted by Gasteiger charge is 2.32. The topological polar surface area (TPSA) is 42.5 Å². The maximum absolute atomic E-state index is 13.4. The van der Waals surface area contributed by atoms with Gasteiger partial charge in [-0.3, -0.25) is 0 Å². The Labute approximate surface area is 121 Å². The molecule has 1 aliphatic heterocycles. The van der Waals surface area contributed by atoms with Crippen LogP contribution in [-0.4, -0.2) is 30.2 Å². The second-order valence-corrected chi connectivity index (χ2v) is 5.32. The first-order chi connectivity index (χ1) is 9.35. The lowest BCUT2D eigenvalue weighted by Crippen LogP contribution is -2.37. The number of nitrogens with one attached hydrogen (secondary N) is 2. The third-order valence-corrected chi connectivity index (χ3v) is 2.98. The molecule has 1 heterocycles. The predicted octanol–water partition coefficient (Wildman–Crippen LogP) is 2.40. The van der Waals surface area contributed by atoms with Gasteiger partial charge in [-0.15, -0.1) is 0 Å². The van der Waals surface area contributed by atoms with Gasteiger partial charge in [-0.05, 0) is 38.2 Å². The number of thiocarbonyl (C=S) groups is 1. The van der Waals surface area contributed by atoms with Crippen LogP contribution in [0.3, 0.4) is 0 Å². The Bertz CT molecular complexity index is 511. The van der Waals surface area contributed by atoms with Gasteiger partial charge >= 0.3 is 0 Å². The quantitative estimate of drug-likeness (QED) is 0.839. The maximum Gasteiger partial charge on any atom is 0.170 e. The van der Waals surface area contributed by atoms with Crippen LogP contribution in [0.15, 0.2) is 18.2 Å². The normalized spacial score (nSPS) is 20.7. The molecule has 4 nitrogen and oxygen atoms in total. The van der Waals surface area contributed by atoms with Gasteiger partial charge in [-0.1, -0.05) is 0 Å². The summed E-state index contributed by atoms with van der Waals surface area (Å²) < 4.78 is 37.4. The summed E-state index contributed by atoms with van der Waals surface area (Å²) in [5.74, 6) is -1.71. The maximum atomic E-state index is 13.4. The molecule has 110 valence electrons. The summed E-state index contributed by atoms with van der Waals surface area (Å²) in [6.45, 7) is 4.53. The lowest BCUT2D eigenvalue weighted by Gasteiger charge is -2.18. The van der Waals surface area contributed by atoms with Gasteiger partial charge in [0.25, 0.3) is 0 Å². The average molecular weight is 302 g/mol. The lowest BCUT2D eigenvalue weighted by atomic mass is 10.3. The van der Waals surface area contributed by atoms with Crippen LogP contribution in [0.1, 0.15) is 13.8 Å². The molecule has 0 saturated carbocycles. The third kappa shape index (κ3) is 4.09. The van der Waals surface area contributed by atoms with Gasteiger partial charge in [-0.25, -0.2) is 8.78 Å². The summed E-state index contributed by atoms with van der Waals surface area (Å²) in [6.07, 6.45) is -0.137. The van der Waals surface area contributed by atoms with Crippen LogP contribution in [0.4, 0.5) is 14.5 Å². The van der Waals surface area contributed by atoms with Gasteiger partial charge < -0.3 is 20.1 Å². The first-order valence-electron chi connectivity index (χ1n) is 6.17. The molecule has 0 aromatic heterocycles. The van der Waals surface area contributed by atoms with Crippen molar-refractivity contribution in [2.45, 2.75) is 25.7 Å².